The molecule has 0 spiro atoms. The van der Waals surface area contributed by atoms with Gasteiger partial charge in [0, 0.05) is 13.0 Å². The monoisotopic (exact) mass is 446 g/mol. The summed E-state index contributed by atoms with van der Waals surface area (Å²) >= 11 is 1.51. The Labute approximate surface area is 179 Å². The molecule has 0 bridgehead atoms. The SMILES string of the molecule is CSCCC(N)C(=O)NC(CCC(=O)O)C(=O)NC(C)C(=O)N1CCCC1C(=O)O. The van der Waals surface area contributed by atoms with Crippen LogP contribution in [0.2, 0.25) is 0 Å². The van der Waals surface area contributed by atoms with Crippen LogP contribution in [-0.4, -0.2) is 87.5 Å². The van der Waals surface area contributed by atoms with Gasteiger partial charge in [-0.05, 0) is 44.6 Å². The van der Waals surface area contributed by atoms with Gasteiger partial charge < -0.3 is 31.5 Å². The van der Waals surface area contributed by atoms with E-state index in [2.05, 4.69) is 10.6 Å². The second-order valence-corrected chi connectivity index (χ2v) is 8.13. The number of rotatable bonds is 12. The van der Waals surface area contributed by atoms with Gasteiger partial charge in [-0.15, -0.1) is 0 Å². The van der Waals surface area contributed by atoms with Crippen molar-refractivity contribution in [1.29, 1.82) is 0 Å². The molecule has 0 saturated carbocycles. The fourth-order valence-electron chi connectivity index (χ4n) is 3.10. The summed E-state index contributed by atoms with van der Waals surface area (Å²) in [6.07, 6.45) is 2.60. The van der Waals surface area contributed by atoms with Gasteiger partial charge in [0.15, 0.2) is 0 Å². The van der Waals surface area contributed by atoms with E-state index in [9.17, 15) is 29.1 Å². The molecule has 4 atom stereocenters. The van der Waals surface area contributed by atoms with Gasteiger partial charge in [-0.3, -0.25) is 19.2 Å². The normalized spacial score (nSPS) is 18.9. The molecule has 1 saturated heterocycles. The molecule has 1 aliphatic rings. The van der Waals surface area contributed by atoms with Crippen molar-refractivity contribution >= 4 is 41.4 Å². The summed E-state index contributed by atoms with van der Waals surface area (Å²) in [4.78, 5) is 60.8. The second-order valence-electron chi connectivity index (χ2n) is 7.14. The topological polar surface area (TPSA) is 179 Å². The molecule has 170 valence electrons. The highest BCUT2D eigenvalue weighted by atomic mass is 32.2. The Balaban J connectivity index is 2.77. The van der Waals surface area contributed by atoms with Crippen LogP contribution in [-0.2, 0) is 24.0 Å². The zero-order valence-corrected chi connectivity index (χ0v) is 17.9. The summed E-state index contributed by atoms with van der Waals surface area (Å²) in [6, 6.07) is -4.00. The Morgan fingerprint density at radius 1 is 1.13 bits per heavy atom. The molecule has 0 aliphatic carbocycles. The molecule has 1 rings (SSSR count). The molecule has 0 aromatic carbocycles. The van der Waals surface area contributed by atoms with E-state index < -0.39 is 53.8 Å². The second kappa shape index (κ2) is 12.4. The molecule has 0 radical (unpaired) electrons. The van der Waals surface area contributed by atoms with Crippen molar-refractivity contribution in [2.24, 2.45) is 5.73 Å². The van der Waals surface area contributed by atoms with E-state index >= 15 is 0 Å². The third kappa shape index (κ3) is 7.82. The molecule has 30 heavy (non-hydrogen) atoms. The van der Waals surface area contributed by atoms with E-state index in [1.165, 1.54) is 23.6 Å². The Hall–Kier alpha value is -2.34. The Morgan fingerprint density at radius 3 is 2.37 bits per heavy atom. The largest absolute Gasteiger partial charge is 0.481 e. The summed E-state index contributed by atoms with van der Waals surface area (Å²) in [6.45, 7) is 1.69. The number of carboxylic acid groups (broad SMARTS) is 2. The van der Waals surface area contributed by atoms with Crippen LogP contribution in [0.3, 0.4) is 0 Å². The third-order valence-corrected chi connectivity index (χ3v) is 5.44. The molecule has 6 N–H and O–H groups in total. The van der Waals surface area contributed by atoms with Gasteiger partial charge in [0.1, 0.15) is 18.1 Å². The lowest BCUT2D eigenvalue weighted by atomic mass is 10.1. The van der Waals surface area contributed by atoms with E-state index in [1.54, 1.807) is 0 Å². The number of likely N-dealkylation sites (tertiary alicyclic amines) is 1. The lowest BCUT2D eigenvalue weighted by Crippen LogP contribution is -2.56. The van der Waals surface area contributed by atoms with Crippen molar-refractivity contribution in [3.63, 3.8) is 0 Å². The van der Waals surface area contributed by atoms with Gasteiger partial charge in [-0.1, -0.05) is 0 Å². The number of amides is 3. The van der Waals surface area contributed by atoms with Crippen LogP contribution in [0.5, 0.6) is 0 Å². The fourth-order valence-corrected chi connectivity index (χ4v) is 3.59. The van der Waals surface area contributed by atoms with Crippen LogP contribution >= 0.6 is 11.8 Å². The maximum Gasteiger partial charge on any atom is 0.326 e. The van der Waals surface area contributed by atoms with Gasteiger partial charge in [-0.25, -0.2) is 4.79 Å². The summed E-state index contributed by atoms with van der Waals surface area (Å²) in [7, 11) is 0. The average molecular weight is 447 g/mol. The number of aliphatic carboxylic acids is 2. The predicted molar refractivity (Wildman–Crippen MR) is 110 cm³/mol. The van der Waals surface area contributed by atoms with Gasteiger partial charge in [0.05, 0.1) is 6.04 Å². The van der Waals surface area contributed by atoms with Gasteiger partial charge >= 0.3 is 11.9 Å². The fraction of sp³-hybridized carbons (Fsp3) is 0.722. The van der Waals surface area contributed by atoms with E-state index in [0.29, 0.717) is 25.0 Å². The van der Waals surface area contributed by atoms with E-state index in [-0.39, 0.29) is 19.4 Å². The van der Waals surface area contributed by atoms with Crippen LogP contribution in [0.15, 0.2) is 0 Å². The van der Waals surface area contributed by atoms with Crippen LogP contribution in [0.4, 0.5) is 0 Å². The first-order valence-electron chi connectivity index (χ1n) is 9.68. The minimum Gasteiger partial charge on any atom is -0.481 e. The zero-order chi connectivity index (χ0) is 22.8. The zero-order valence-electron chi connectivity index (χ0n) is 17.1. The van der Waals surface area contributed by atoms with Crippen LogP contribution in [0.1, 0.15) is 39.0 Å². The maximum atomic E-state index is 12.6. The molecular weight excluding hydrogens is 416 g/mol. The van der Waals surface area contributed by atoms with Gasteiger partial charge in [0.2, 0.25) is 17.7 Å². The molecule has 1 aliphatic heterocycles. The van der Waals surface area contributed by atoms with Crippen LogP contribution in [0, 0.1) is 0 Å². The number of carbonyl (C=O) groups is 5. The smallest absolute Gasteiger partial charge is 0.326 e. The van der Waals surface area contributed by atoms with Crippen molar-refractivity contribution < 1.29 is 34.2 Å². The number of hydrogen-bond donors (Lipinski definition) is 5. The highest BCUT2D eigenvalue weighted by molar-refractivity contribution is 7.98. The van der Waals surface area contributed by atoms with Crippen LogP contribution < -0.4 is 16.4 Å². The van der Waals surface area contributed by atoms with Crippen molar-refractivity contribution in [3.8, 4) is 0 Å². The summed E-state index contributed by atoms with van der Waals surface area (Å²) in [5, 5.41) is 23.0. The number of nitrogens with zero attached hydrogens (tertiary/aromatic N) is 1. The number of thioether (sulfide) groups is 1. The molecule has 0 aromatic rings. The first-order chi connectivity index (χ1) is 14.1. The van der Waals surface area contributed by atoms with E-state index in [4.69, 9.17) is 10.8 Å². The first-order valence-corrected chi connectivity index (χ1v) is 11.1. The maximum absolute atomic E-state index is 12.6. The summed E-state index contributed by atoms with van der Waals surface area (Å²) < 4.78 is 0. The molecular formula is C18H30N4O7S. The Morgan fingerprint density at radius 2 is 1.80 bits per heavy atom. The molecule has 1 heterocycles. The Kier molecular flexibility index (Phi) is 10.6. The molecule has 1 fully saturated rings. The molecule has 0 aromatic heterocycles. The number of carboxylic acids is 2. The molecule has 11 nitrogen and oxygen atoms in total. The molecule has 3 amide bonds. The van der Waals surface area contributed by atoms with Crippen molar-refractivity contribution in [1.82, 2.24) is 15.5 Å². The quantitative estimate of drug-likeness (QED) is 0.251. The number of hydrogen-bond acceptors (Lipinski definition) is 7. The molecule has 4 unspecified atom stereocenters. The van der Waals surface area contributed by atoms with Gasteiger partial charge in [0.25, 0.3) is 0 Å². The summed E-state index contributed by atoms with van der Waals surface area (Å²) in [5.41, 5.74) is 5.79. The summed E-state index contributed by atoms with van der Waals surface area (Å²) in [5.74, 6) is -3.46. The standard InChI is InChI=1S/C18H30N4O7S/c1-10(17(27)22-8-3-4-13(22)18(28)29)20-16(26)12(5-6-14(23)24)21-15(25)11(19)7-9-30-2/h10-13H,3-9,19H2,1-2H3,(H,20,26)(H,21,25)(H,23,24)(H,28,29). The third-order valence-electron chi connectivity index (χ3n) is 4.80. The Bertz CT molecular complexity index is 660. The van der Waals surface area contributed by atoms with Gasteiger partial charge in [-0.2, -0.15) is 11.8 Å². The predicted octanol–water partition coefficient (Wildman–Crippen LogP) is -1.00. The number of carbonyl (C=O) groups excluding carboxylic acids is 3. The molecule has 12 heteroatoms. The lowest BCUT2D eigenvalue weighted by molar-refractivity contribution is -0.149. The minimum atomic E-state index is -1.18. The number of nitrogens with two attached hydrogens (primary N) is 1. The number of nitrogens with one attached hydrogen (secondary N) is 2. The van der Waals surface area contributed by atoms with Crippen molar-refractivity contribution in [3.05, 3.63) is 0 Å². The minimum absolute atomic E-state index is 0.176. The van der Waals surface area contributed by atoms with Crippen molar-refractivity contribution in [2.75, 3.05) is 18.6 Å². The van der Waals surface area contributed by atoms with E-state index in [1.807, 2.05) is 6.26 Å². The average Bonchev–Trinajstić information content (AvgIpc) is 3.18. The van der Waals surface area contributed by atoms with E-state index in [0.717, 1.165) is 0 Å². The lowest BCUT2D eigenvalue weighted by Gasteiger charge is -2.27. The van der Waals surface area contributed by atoms with Crippen LogP contribution in [0.25, 0.3) is 0 Å². The first kappa shape index (κ1) is 25.7. The van der Waals surface area contributed by atoms with Crippen molar-refractivity contribution in [2.45, 2.75) is 63.2 Å². The highest BCUT2D eigenvalue weighted by Gasteiger charge is 2.37. The highest BCUT2D eigenvalue weighted by Crippen LogP contribution is 2.18.